The number of amides is 1. The number of benzene rings is 1. The molecule has 116 valence electrons. The van der Waals surface area contributed by atoms with Crippen LogP contribution in [0.25, 0.3) is 0 Å². The first-order valence-electron chi connectivity index (χ1n) is 7.09. The molecule has 5 heteroatoms. The van der Waals surface area contributed by atoms with E-state index < -0.39 is 5.60 Å². The van der Waals surface area contributed by atoms with Crippen LogP contribution in [0.15, 0.2) is 28.7 Å². The standard InChI is InChI=1S/C16H21Br2NO2/c1-16(2,3)21-15(20)19-9-12(8-17)14(10-19)11-5-4-6-13(18)7-11/h4-7,12,14H,8-10H2,1-3H3/t12-,14+/m1/s1. The van der Waals surface area contributed by atoms with E-state index in [4.69, 9.17) is 4.74 Å². The van der Waals surface area contributed by atoms with E-state index in [1.807, 2.05) is 37.8 Å². The predicted octanol–water partition coefficient (Wildman–Crippen LogP) is 4.79. The highest BCUT2D eigenvalue weighted by Crippen LogP contribution is 2.35. The summed E-state index contributed by atoms with van der Waals surface area (Å²) in [4.78, 5) is 14.1. The summed E-state index contributed by atoms with van der Waals surface area (Å²) >= 11 is 7.10. The minimum absolute atomic E-state index is 0.217. The number of nitrogens with zero attached hydrogens (tertiary/aromatic N) is 1. The van der Waals surface area contributed by atoms with E-state index >= 15 is 0 Å². The molecular formula is C16H21Br2NO2. The van der Waals surface area contributed by atoms with Crippen molar-refractivity contribution in [2.75, 3.05) is 18.4 Å². The molecule has 1 amide bonds. The van der Waals surface area contributed by atoms with Crippen molar-refractivity contribution in [2.45, 2.75) is 32.3 Å². The summed E-state index contributed by atoms with van der Waals surface area (Å²) in [6.45, 7) is 7.14. The van der Waals surface area contributed by atoms with Crippen molar-refractivity contribution in [3.63, 3.8) is 0 Å². The zero-order chi connectivity index (χ0) is 15.6. The fraction of sp³-hybridized carbons (Fsp3) is 0.562. The highest BCUT2D eigenvalue weighted by Gasteiger charge is 2.37. The van der Waals surface area contributed by atoms with Gasteiger partial charge in [-0.2, -0.15) is 0 Å². The summed E-state index contributed by atoms with van der Waals surface area (Å²) in [5.41, 5.74) is 0.814. The van der Waals surface area contributed by atoms with Gasteiger partial charge in [-0.05, 0) is 44.4 Å². The van der Waals surface area contributed by atoms with Gasteiger partial charge in [0.2, 0.25) is 0 Å². The van der Waals surface area contributed by atoms with Crippen molar-refractivity contribution in [1.29, 1.82) is 0 Å². The van der Waals surface area contributed by atoms with Crippen molar-refractivity contribution >= 4 is 38.0 Å². The maximum Gasteiger partial charge on any atom is 0.410 e. The summed E-state index contributed by atoms with van der Waals surface area (Å²) in [5.74, 6) is 0.751. The molecule has 0 radical (unpaired) electrons. The first-order chi connectivity index (χ1) is 9.80. The second kappa shape index (κ2) is 6.69. The molecule has 1 heterocycles. The summed E-state index contributed by atoms with van der Waals surface area (Å²) in [6.07, 6.45) is -0.217. The van der Waals surface area contributed by atoms with Gasteiger partial charge < -0.3 is 9.64 Å². The van der Waals surface area contributed by atoms with Gasteiger partial charge in [-0.3, -0.25) is 0 Å². The first-order valence-corrected chi connectivity index (χ1v) is 9.01. The van der Waals surface area contributed by atoms with Gasteiger partial charge in [0.1, 0.15) is 5.60 Å². The van der Waals surface area contributed by atoms with Crippen molar-refractivity contribution in [3.8, 4) is 0 Å². The third-order valence-corrected chi connectivity index (χ3v) is 4.89. The lowest BCUT2D eigenvalue weighted by atomic mass is 9.90. The van der Waals surface area contributed by atoms with Crippen LogP contribution in [0.2, 0.25) is 0 Å². The second-order valence-electron chi connectivity index (χ2n) is 6.46. The molecule has 0 aromatic heterocycles. The summed E-state index contributed by atoms with van der Waals surface area (Å²) in [7, 11) is 0. The number of carbonyl (C=O) groups excluding carboxylic acids is 1. The highest BCUT2D eigenvalue weighted by molar-refractivity contribution is 9.10. The van der Waals surface area contributed by atoms with E-state index in [9.17, 15) is 4.79 Å². The van der Waals surface area contributed by atoms with Gasteiger partial charge in [0.15, 0.2) is 0 Å². The average molecular weight is 419 g/mol. The lowest BCUT2D eigenvalue weighted by Gasteiger charge is -2.24. The number of alkyl halides is 1. The molecule has 0 aliphatic carbocycles. The zero-order valence-corrected chi connectivity index (χ0v) is 15.8. The average Bonchev–Trinajstić information content (AvgIpc) is 2.81. The quantitative estimate of drug-likeness (QED) is 0.646. The molecule has 1 fully saturated rings. The molecule has 1 aromatic rings. The Hall–Kier alpha value is -0.550. The van der Waals surface area contributed by atoms with Crippen molar-refractivity contribution < 1.29 is 9.53 Å². The van der Waals surface area contributed by atoms with E-state index in [1.165, 1.54) is 5.56 Å². The second-order valence-corrected chi connectivity index (χ2v) is 8.02. The van der Waals surface area contributed by atoms with Gasteiger partial charge >= 0.3 is 6.09 Å². The molecule has 2 rings (SSSR count). The van der Waals surface area contributed by atoms with E-state index in [2.05, 4.69) is 44.0 Å². The molecule has 3 nitrogen and oxygen atoms in total. The predicted molar refractivity (Wildman–Crippen MR) is 92.0 cm³/mol. The maximum absolute atomic E-state index is 12.2. The normalized spacial score (nSPS) is 22.4. The zero-order valence-electron chi connectivity index (χ0n) is 12.6. The molecule has 1 aromatic carbocycles. The molecule has 0 bridgehead atoms. The fourth-order valence-corrected chi connectivity index (χ4v) is 3.69. The number of hydrogen-bond donors (Lipinski definition) is 0. The molecule has 1 aliphatic rings. The summed E-state index contributed by atoms with van der Waals surface area (Å²) < 4.78 is 6.56. The van der Waals surface area contributed by atoms with E-state index in [1.54, 1.807) is 0 Å². The van der Waals surface area contributed by atoms with Crippen LogP contribution in [0.3, 0.4) is 0 Å². The minimum atomic E-state index is -0.450. The van der Waals surface area contributed by atoms with Crippen LogP contribution in [0.4, 0.5) is 4.79 Å². The number of rotatable bonds is 2. The smallest absolute Gasteiger partial charge is 0.410 e. The van der Waals surface area contributed by atoms with Crippen molar-refractivity contribution in [1.82, 2.24) is 4.90 Å². The van der Waals surface area contributed by atoms with Gasteiger partial charge in [-0.15, -0.1) is 0 Å². The van der Waals surface area contributed by atoms with Gasteiger partial charge in [0.25, 0.3) is 0 Å². The van der Waals surface area contributed by atoms with Crippen LogP contribution >= 0.6 is 31.9 Å². The Morgan fingerprint density at radius 2 is 2.10 bits per heavy atom. The Kier molecular flexibility index (Phi) is 5.36. The first kappa shape index (κ1) is 16.8. The molecule has 0 saturated carbocycles. The van der Waals surface area contributed by atoms with Crippen molar-refractivity contribution in [2.24, 2.45) is 5.92 Å². The molecule has 0 unspecified atom stereocenters. The molecular weight excluding hydrogens is 398 g/mol. The number of ether oxygens (including phenoxy) is 1. The number of carbonyl (C=O) groups is 1. The Bertz CT molecular complexity index is 513. The van der Waals surface area contributed by atoms with E-state index in [-0.39, 0.29) is 6.09 Å². The maximum atomic E-state index is 12.2. The molecule has 2 atom stereocenters. The number of halogens is 2. The molecule has 1 aliphatic heterocycles. The summed E-state index contributed by atoms with van der Waals surface area (Å²) in [5, 5.41) is 0.878. The Balaban J connectivity index is 2.12. The third-order valence-electron chi connectivity index (χ3n) is 3.57. The molecule has 1 saturated heterocycles. The van der Waals surface area contributed by atoms with Crippen LogP contribution in [-0.4, -0.2) is 35.0 Å². The highest BCUT2D eigenvalue weighted by atomic mass is 79.9. The van der Waals surface area contributed by atoms with Crippen LogP contribution in [0.5, 0.6) is 0 Å². The summed E-state index contributed by atoms with van der Waals surface area (Å²) in [6, 6.07) is 8.33. The van der Waals surface area contributed by atoms with Crippen LogP contribution in [0.1, 0.15) is 32.3 Å². The Morgan fingerprint density at radius 1 is 1.38 bits per heavy atom. The Labute approximate surface area is 143 Å². The van der Waals surface area contributed by atoms with Gasteiger partial charge in [-0.1, -0.05) is 44.0 Å². The van der Waals surface area contributed by atoms with Crippen LogP contribution in [0, 0.1) is 5.92 Å². The third kappa shape index (κ3) is 4.46. The van der Waals surface area contributed by atoms with Crippen LogP contribution in [-0.2, 0) is 4.74 Å². The topological polar surface area (TPSA) is 29.5 Å². The SMILES string of the molecule is CC(C)(C)OC(=O)N1C[C@@H](CBr)[C@H](c2cccc(Br)c2)C1. The van der Waals surface area contributed by atoms with Gasteiger partial charge in [0.05, 0.1) is 0 Å². The van der Waals surface area contributed by atoms with Crippen molar-refractivity contribution in [3.05, 3.63) is 34.3 Å². The van der Waals surface area contributed by atoms with E-state index in [0.717, 1.165) is 16.3 Å². The number of likely N-dealkylation sites (tertiary alicyclic amines) is 1. The lowest BCUT2D eigenvalue weighted by molar-refractivity contribution is 0.0288. The van der Waals surface area contributed by atoms with Gasteiger partial charge in [-0.25, -0.2) is 4.79 Å². The number of hydrogen-bond acceptors (Lipinski definition) is 2. The van der Waals surface area contributed by atoms with E-state index in [0.29, 0.717) is 18.4 Å². The molecule has 21 heavy (non-hydrogen) atoms. The largest absolute Gasteiger partial charge is 0.444 e. The minimum Gasteiger partial charge on any atom is -0.444 e. The Morgan fingerprint density at radius 3 is 2.67 bits per heavy atom. The fourth-order valence-electron chi connectivity index (χ4n) is 2.62. The molecule has 0 N–H and O–H groups in total. The monoisotopic (exact) mass is 417 g/mol. The lowest BCUT2D eigenvalue weighted by Crippen LogP contribution is -2.35. The van der Waals surface area contributed by atoms with Gasteiger partial charge in [0, 0.05) is 28.8 Å². The van der Waals surface area contributed by atoms with Crippen LogP contribution < -0.4 is 0 Å². The molecule has 0 spiro atoms.